The Morgan fingerprint density at radius 3 is 2.55 bits per heavy atom. The average molecular weight is 417 g/mol. The number of nitrogens with zero attached hydrogens (tertiary/aromatic N) is 2. The lowest BCUT2D eigenvalue weighted by atomic mass is 10.2. The van der Waals surface area contributed by atoms with E-state index in [9.17, 15) is 4.79 Å². The van der Waals surface area contributed by atoms with Gasteiger partial charge in [0.2, 0.25) is 0 Å². The molecule has 1 aliphatic rings. The van der Waals surface area contributed by atoms with Gasteiger partial charge in [0.15, 0.2) is 5.96 Å². The molecule has 0 spiro atoms. The number of urea groups is 1. The number of guanidine groups is 1. The smallest absolute Gasteiger partial charge is 0.319 e. The predicted molar refractivity (Wildman–Crippen MR) is 101 cm³/mol. The van der Waals surface area contributed by atoms with Crippen LogP contribution < -0.4 is 16.0 Å². The van der Waals surface area contributed by atoms with Gasteiger partial charge in [0.1, 0.15) is 0 Å². The summed E-state index contributed by atoms with van der Waals surface area (Å²) in [6.45, 7) is 6.40. The fraction of sp³-hybridized carbons (Fsp3) is 0.467. The van der Waals surface area contributed by atoms with E-state index in [0.717, 1.165) is 36.8 Å². The second-order valence-corrected chi connectivity index (χ2v) is 5.43. The van der Waals surface area contributed by atoms with Crippen molar-refractivity contribution in [3.8, 4) is 0 Å². The summed E-state index contributed by atoms with van der Waals surface area (Å²) in [5.41, 5.74) is 1.93. The van der Waals surface area contributed by atoms with Crippen molar-refractivity contribution in [2.75, 3.05) is 25.5 Å². The molecule has 1 aromatic carbocycles. The second kappa shape index (κ2) is 8.82. The summed E-state index contributed by atoms with van der Waals surface area (Å²) in [5.74, 6) is 0.938. The van der Waals surface area contributed by atoms with Gasteiger partial charge in [-0.3, -0.25) is 4.99 Å². The van der Waals surface area contributed by atoms with E-state index < -0.39 is 0 Å². The molecule has 0 unspecified atom stereocenters. The monoisotopic (exact) mass is 417 g/mol. The molecular weight excluding hydrogens is 393 g/mol. The Labute approximate surface area is 148 Å². The molecule has 0 aliphatic carbocycles. The molecule has 122 valence electrons. The number of carbonyl (C=O) groups is 1. The summed E-state index contributed by atoms with van der Waals surface area (Å²) in [4.78, 5) is 18.1. The van der Waals surface area contributed by atoms with E-state index in [1.54, 1.807) is 0 Å². The van der Waals surface area contributed by atoms with Gasteiger partial charge in [-0.25, -0.2) is 4.79 Å². The van der Waals surface area contributed by atoms with Crippen LogP contribution in [0.15, 0.2) is 29.3 Å². The Kier molecular flexibility index (Phi) is 7.43. The Morgan fingerprint density at radius 1 is 1.32 bits per heavy atom. The van der Waals surface area contributed by atoms with E-state index in [2.05, 4.69) is 25.8 Å². The van der Waals surface area contributed by atoms with Crippen LogP contribution in [-0.2, 0) is 6.54 Å². The number of carbonyl (C=O) groups excluding carboxylic acids is 1. The number of halogens is 1. The number of hydrogen-bond donors (Lipinski definition) is 3. The van der Waals surface area contributed by atoms with Crippen molar-refractivity contribution >= 4 is 41.7 Å². The minimum absolute atomic E-state index is 0. The minimum atomic E-state index is -0.183. The van der Waals surface area contributed by atoms with Gasteiger partial charge in [-0.2, -0.15) is 0 Å². The molecule has 0 saturated heterocycles. The van der Waals surface area contributed by atoms with Crippen LogP contribution in [0.5, 0.6) is 0 Å². The van der Waals surface area contributed by atoms with Crippen LogP contribution in [0.25, 0.3) is 0 Å². The van der Waals surface area contributed by atoms with Crippen molar-refractivity contribution in [2.24, 2.45) is 4.99 Å². The first kappa shape index (κ1) is 18.5. The highest BCUT2D eigenvalue weighted by Crippen LogP contribution is 2.09. The summed E-state index contributed by atoms with van der Waals surface area (Å²) < 4.78 is 0. The van der Waals surface area contributed by atoms with Gasteiger partial charge >= 0.3 is 6.03 Å². The van der Waals surface area contributed by atoms with Gasteiger partial charge < -0.3 is 20.9 Å². The average Bonchev–Trinajstić information content (AvgIpc) is 2.82. The summed E-state index contributed by atoms with van der Waals surface area (Å²) in [6.07, 6.45) is 0. The largest absolute Gasteiger partial charge is 0.352 e. The first-order valence-electron chi connectivity index (χ1n) is 7.20. The lowest BCUT2D eigenvalue weighted by Crippen LogP contribution is -2.35. The topological polar surface area (TPSA) is 68.8 Å². The quantitative estimate of drug-likeness (QED) is 0.659. The molecule has 7 heteroatoms. The number of amides is 2. The summed E-state index contributed by atoms with van der Waals surface area (Å²) in [5, 5.41) is 8.90. The summed E-state index contributed by atoms with van der Waals surface area (Å²) in [7, 11) is 2.03. The number of aliphatic imine (C=N–C) groups is 1. The standard InChI is InChI=1S/C15H23N5O.HI/c1-11(2)18-15(21)19-13-6-4-12(5-7-13)10-17-14-16-8-9-20(14)3;/h4-7,11H,8-10H2,1-3H3,(H,16,17)(H2,18,19,21);1H. The number of benzene rings is 1. The lowest BCUT2D eigenvalue weighted by molar-refractivity contribution is 0.250. The van der Waals surface area contributed by atoms with E-state index in [0.29, 0.717) is 0 Å². The minimum Gasteiger partial charge on any atom is -0.352 e. The van der Waals surface area contributed by atoms with Crippen LogP contribution in [0.4, 0.5) is 10.5 Å². The third-order valence-corrected chi connectivity index (χ3v) is 3.14. The molecule has 1 aromatic rings. The van der Waals surface area contributed by atoms with Gasteiger partial charge in [0.05, 0.1) is 6.54 Å². The molecule has 0 bridgehead atoms. The fourth-order valence-electron chi connectivity index (χ4n) is 2.04. The van der Waals surface area contributed by atoms with Crippen LogP contribution in [-0.4, -0.2) is 43.1 Å². The zero-order valence-corrected chi connectivity index (χ0v) is 15.5. The van der Waals surface area contributed by atoms with E-state index in [1.807, 2.05) is 45.2 Å². The van der Waals surface area contributed by atoms with Crippen molar-refractivity contribution in [3.63, 3.8) is 0 Å². The maximum absolute atomic E-state index is 11.6. The number of anilines is 1. The first-order chi connectivity index (χ1) is 10.0. The number of nitrogens with one attached hydrogen (secondary N) is 3. The van der Waals surface area contributed by atoms with E-state index in [-0.39, 0.29) is 36.0 Å². The van der Waals surface area contributed by atoms with Crippen molar-refractivity contribution in [3.05, 3.63) is 29.8 Å². The maximum Gasteiger partial charge on any atom is 0.319 e. The molecule has 0 aromatic heterocycles. The van der Waals surface area contributed by atoms with Crippen molar-refractivity contribution < 1.29 is 4.79 Å². The van der Waals surface area contributed by atoms with Gasteiger partial charge in [-0.1, -0.05) is 12.1 Å². The highest BCUT2D eigenvalue weighted by atomic mass is 127. The third kappa shape index (κ3) is 5.70. The summed E-state index contributed by atoms with van der Waals surface area (Å²) in [6, 6.07) is 7.73. The van der Waals surface area contributed by atoms with Gasteiger partial charge in [-0.05, 0) is 31.5 Å². The molecule has 2 rings (SSSR count). The van der Waals surface area contributed by atoms with Crippen molar-refractivity contribution in [1.29, 1.82) is 0 Å². The SMILES string of the molecule is CC(C)NC(=O)Nc1ccc(CNC2=NCCN2C)cc1.I. The fourth-order valence-corrected chi connectivity index (χ4v) is 2.04. The van der Waals surface area contributed by atoms with Crippen LogP contribution >= 0.6 is 24.0 Å². The van der Waals surface area contributed by atoms with Crippen LogP contribution in [0, 0.1) is 0 Å². The molecule has 6 nitrogen and oxygen atoms in total. The van der Waals surface area contributed by atoms with Crippen LogP contribution in [0.1, 0.15) is 19.4 Å². The highest BCUT2D eigenvalue weighted by Gasteiger charge is 2.11. The van der Waals surface area contributed by atoms with Gasteiger partial charge in [-0.15, -0.1) is 24.0 Å². The Balaban J connectivity index is 0.00000242. The second-order valence-electron chi connectivity index (χ2n) is 5.43. The molecule has 0 fully saturated rings. The number of hydrogen-bond acceptors (Lipinski definition) is 4. The molecule has 1 aliphatic heterocycles. The van der Waals surface area contributed by atoms with Crippen LogP contribution in [0.2, 0.25) is 0 Å². The van der Waals surface area contributed by atoms with Crippen molar-refractivity contribution in [2.45, 2.75) is 26.4 Å². The maximum atomic E-state index is 11.6. The van der Waals surface area contributed by atoms with E-state index in [4.69, 9.17) is 0 Å². The summed E-state index contributed by atoms with van der Waals surface area (Å²) >= 11 is 0. The predicted octanol–water partition coefficient (Wildman–Crippen LogP) is 2.23. The molecule has 0 radical (unpaired) electrons. The van der Waals surface area contributed by atoms with Crippen molar-refractivity contribution in [1.82, 2.24) is 15.5 Å². The zero-order valence-electron chi connectivity index (χ0n) is 13.2. The van der Waals surface area contributed by atoms with E-state index in [1.165, 1.54) is 0 Å². The molecule has 22 heavy (non-hydrogen) atoms. The molecule has 1 heterocycles. The molecule has 2 amide bonds. The first-order valence-corrected chi connectivity index (χ1v) is 7.20. The molecule has 3 N–H and O–H groups in total. The van der Waals surface area contributed by atoms with E-state index >= 15 is 0 Å². The third-order valence-electron chi connectivity index (χ3n) is 3.14. The highest BCUT2D eigenvalue weighted by molar-refractivity contribution is 14.0. The number of likely N-dealkylation sites (N-methyl/N-ethyl adjacent to an activating group) is 1. The number of rotatable bonds is 4. The Bertz CT molecular complexity index is 515. The molecule has 0 atom stereocenters. The Morgan fingerprint density at radius 2 is 2.00 bits per heavy atom. The van der Waals surface area contributed by atoms with Crippen LogP contribution in [0.3, 0.4) is 0 Å². The van der Waals surface area contributed by atoms with Gasteiger partial charge in [0, 0.05) is 31.9 Å². The van der Waals surface area contributed by atoms with Gasteiger partial charge in [0.25, 0.3) is 0 Å². The Hall–Kier alpha value is -1.51. The lowest BCUT2D eigenvalue weighted by Gasteiger charge is -2.15. The zero-order chi connectivity index (χ0) is 15.2. The normalized spacial score (nSPS) is 13.5. The molecule has 0 saturated carbocycles. The molecular formula is C15H24IN5O.